The minimum atomic E-state index is -0.447. The molecule has 0 radical (unpaired) electrons. The third kappa shape index (κ3) is 5.59. The van der Waals surface area contributed by atoms with Crippen molar-refractivity contribution in [3.8, 4) is 5.75 Å². The van der Waals surface area contributed by atoms with Crippen LogP contribution in [0.2, 0.25) is 0 Å². The lowest BCUT2D eigenvalue weighted by atomic mass is 9.87. The Balaban J connectivity index is 1.10. The fraction of sp³-hybridized carbons (Fsp3) is 0.613. The lowest BCUT2D eigenvalue weighted by Crippen LogP contribution is -2.62. The van der Waals surface area contributed by atoms with Crippen LogP contribution >= 0.6 is 0 Å². The number of ether oxygens (including phenoxy) is 3. The van der Waals surface area contributed by atoms with Crippen molar-refractivity contribution in [3.63, 3.8) is 0 Å². The number of piperidine rings is 1. The number of amides is 1. The molecule has 1 aromatic carbocycles. The highest BCUT2D eigenvalue weighted by atomic mass is 16.6. The van der Waals surface area contributed by atoms with Crippen LogP contribution in [0.15, 0.2) is 30.5 Å². The van der Waals surface area contributed by atoms with Crippen molar-refractivity contribution in [1.29, 1.82) is 0 Å². The van der Waals surface area contributed by atoms with E-state index in [9.17, 15) is 4.79 Å². The van der Waals surface area contributed by atoms with E-state index in [0.717, 1.165) is 82.3 Å². The summed E-state index contributed by atoms with van der Waals surface area (Å²) in [7, 11) is 0. The zero-order chi connectivity index (χ0) is 27.1. The second-order valence-electron chi connectivity index (χ2n) is 12.5. The van der Waals surface area contributed by atoms with Gasteiger partial charge in [-0.2, -0.15) is 0 Å². The van der Waals surface area contributed by atoms with E-state index < -0.39 is 5.60 Å². The van der Waals surface area contributed by atoms with Crippen LogP contribution in [0, 0.1) is 0 Å². The highest BCUT2D eigenvalue weighted by Gasteiger charge is 2.38. The van der Waals surface area contributed by atoms with Gasteiger partial charge in [0.1, 0.15) is 23.3 Å². The Labute approximate surface area is 232 Å². The Kier molecular flexibility index (Phi) is 7.18. The number of nitrogens with zero attached hydrogens (tertiary/aromatic N) is 3. The van der Waals surface area contributed by atoms with Crippen LogP contribution in [-0.4, -0.2) is 71.9 Å². The van der Waals surface area contributed by atoms with E-state index in [1.54, 1.807) is 0 Å². The molecule has 4 aliphatic rings. The largest absolute Gasteiger partial charge is 0.484 e. The van der Waals surface area contributed by atoms with Crippen molar-refractivity contribution < 1.29 is 19.0 Å². The molecule has 8 nitrogen and oxygen atoms in total. The monoisotopic (exact) mass is 534 g/mol. The highest BCUT2D eigenvalue weighted by Crippen LogP contribution is 2.44. The molecule has 210 valence electrons. The lowest BCUT2D eigenvalue weighted by molar-refractivity contribution is -0.0196. The molecule has 8 heteroatoms. The second kappa shape index (κ2) is 10.6. The van der Waals surface area contributed by atoms with E-state index in [-0.39, 0.29) is 12.2 Å². The van der Waals surface area contributed by atoms with Gasteiger partial charge in [0.15, 0.2) is 0 Å². The highest BCUT2D eigenvalue weighted by molar-refractivity contribution is 5.70. The summed E-state index contributed by atoms with van der Waals surface area (Å²) < 4.78 is 17.6. The second-order valence-corrected chi connectivity index (χ2v) is 12.5. The van der Waals surface area contributed by atoms with E-state index in [1.165, 1.54) is 16.7 Å². The van der Waals surface area contributed by atoms with Crippen molar-refractivity contribution in [3.05, 3.63) is 47.2 Å². The molecule has 0 bridgehead atoms. The SMILES string of the molecule is C[C@@H]1Oc2ccc(C3CCN(C4CN(C(=O)OC(C)(C)C)C4)CC3)cc2Nc2nccc(C3CCOCC3)c21. The van der Waals surface area contributed by atoms with Gasteiger partial charge in [-0.25, -0.2) is 9.78 Å². The van der Waals surface area contributed by atoms with Crippen LogP contribution in [0.4, 0.5) is 16.3 Å². The smallest absolute Gasteiger partial charge is 0.410 e. The van der Waals surface area contributed by atoms with Crippen LogP contribution < -0.4 is 10.1 Å². The molecule has 0 unspecified atom stereocenters. The standard InChI is InChI=1S/C31H42N4O4/c1-20-28-25(22-10-15-37-16-11-22)7-12-32-29(28)33-26-17-23(5-6-27(26)38-20)21-8-13-34(14-9-21)24-18-35(19-24)30(36)39-31(2,3)4/h5-7,12,17,20-22,24H,8-11,13-16,18-19H2,1-4H3,(H,32,33)/t20-/m0/s1. The molecule has 4 aliphatic heterocycles. The molecule has 0 aliphatic carbocycles. The summed E-state index contributed by atoms with van der Waals surface area (Å²) >= 11 is 0. The Hall–Kier alpha value is -2.84. The van der Waals surface area contributed by atoms with Crippen LogP contribution in [0.3, 0.4) is 0 Å². The van der Waals surface area contributed by atoms with E-state index in [0.29, 0.717) is 17.9 Å². The van der Waals surface area contributed by atoms with Crippen LogP contribution in [0.25, 0.3) is 0 Å². The Morgan fingerprint density at radius 2 is 1.79 bits per heavy atom. The number of hydrogen-bond donors (Lipinski definition) is 1. The Bertz CT molecular complexity index is 1190. The number of benzene rings is 1. The zero-order valence-electron chi connectivity index (χ0n) is 23.7. The molecule has 6 rings (SSSR count). The van der Waals surface area contributed by atoms with Crippen molar-refractivity contribution >= 4 is 17.6 Å². The zero-order valence-corrected chi connectivity index (χ0v) is 23.7. The first kappa shape index (κ1) is 26.4. The molecule has 5 heterocycles. The summed E-state index contributed by atoms with van der Waals surface area (Å²) in [4.78, 5) is 21.4. The molecular weight excluding hydrogens is 492 g/mol. The normalized spacial score (nSPS) is 23.1. The number of likely N-dealkylation sites (tertiary alicyclic amines) is 2. The van der Waals surface area contributed by atoms with Gasteiger partial charge in [0.2, 0.25) is 0 Å². The van der Waals surface area contributed by atoms with Gasteiger partial charge >= 0.3 is 6.09 Å². The molecule has 0 saturated carbocycles. The van der Waals surface area contributed by atoms with Crippen molar-refractivity contribution in [2.45, 2.75) is 83.0 Å². The fourth-order valence-electron chi connectivity index (χ4n) is 6.52. The van der Waals surface area contributed by atoms with E-state index in [2.05, 4.69) is 41.4 Å². The Morgan fingerprint density at radius 1 is 1.05 bits per heavy atom. The predicted octanol–water partition coefficient (Wildman–Crippen LogP) is 5.97. The fourth-order valence-corrected chi connectivity index (χ4v) is 6.52. The molecule has 2 aromatic rings. The van der Waals surface area contributed by atoms with E-state index in [1.807, 2.05) is 31.9 Å². The third-order valence-corrected chi connectivity index (χ3v) is 8.68. The first-order valence-electron chi connectivity index (χ1n) is 14.6. The molecule has 3 fully saturated rings. The third-order valence-electron chi connectivity index (χ3n) is 8.68. The van der Waals surface area contributed by atoms with Gasteiger partial charge in [0.25, 0.3) is 0 Å². The number of carbonyl (C=O) groups excluding carboxylic acids is 1. The van der Waals surface area contributed by atoms with Crippen LogP contribution in [-0.2, 0) is 9.47 Å². The van der Waals surface area contributed by atoms with Crippen LogP contribution in [0.1, 0.15) is 88.0 Å². The Morgan fingerprint density at radius 3 is 2.51 bits per heavy atom. The first-order chi connectivity index (χ1) is 18.7. The molecule has 39 heavy (non-hydrogen) atoms. The van der Waals surface area contributed by atoms with Crippen molar-refractivity contribution in [2.75, 3.05) is 44.7 Å². The summed E-state index contributed by atoms with van der Waals surface area (Å²) in [6.45, 7) is 13.1. The number of carbonyl (C=O) groups is 1. The van der Waals surface area contributed by atoms with Gasteiger partial charge in [-0.1, -0.05) is 6.07 Å². The molecule has 3 saturated heterocycles. The summed E-state index contributed by atoms with van der Waals surface area (Å²) in [6.07, 6.45) is 5.97. The van der Waals surface area contributed by atoms with Gasteiger partial charge in [-0.05, 0) is 108 Å². The molecule has 1 atom stereocenters. The number of aromatic nitrogens is 1. The molecule has 1 N–H and O–H groups in total. The lowest BCUT2D eigenvalue weighted by Gasteiger charge is -2.47. The summed E-state index contributed by atoms with van der Waals surface area (Å²) in [6, 6.07) is 9.25. The average Bonchev–Trinajstić information content (AvgIpc) is 3.03. The number of pyridine rings is 1. The summed E-state index contributed by atoms with van der Waals surface area (Å²) in [5.74, 6) is 2.79. The minimum Gasteiger partial charge on any atom is -0.484 e. The minimum absolute atomic E-state index is 0.0721. The molecular formula is C31H42N4O4. The molecule has 0 spiro atoms. The number of rotatable bonds is 3. The maximum absolute atomic E-state index is 12.3. The van der Waals surface area contributed by atoms with Crippen LogP contribution in [0.5, 0.6) is 5.75 Å². The number of hydrogen-bond acceptors (Lipinski definition) is 7. The molecule has 1 amide bonds. The number of fused-ring (bicyclic) bond motifs is 2. The first-order valence-corrected chi connectivity index (χ1v) is 14.6. The number of nitrogens with one attached hydrogen (secondary N) is 1. The topological polar surface area (TPSA) is 76.2 Å². The maximum atomic E-state index is 12.3. The van der Waals surface area contributed by atoms with Gasteiger partial charge in [0, 0.05) is 44.1 Å². The summed E-state index contributed by atoms with van der Waals surface area (Å²) in [5.41, 5.74) is 4.42. The molecule has 1 aromatic heterocycles. The van der Waals surface area contributed by atoms with E-state index >= 15 is 0 Å². The number of anilines is 2. The van der Waals surface area contributed by atoms with Gasteiger partial charge in [-0.15, -0.1) is 0 Å². The van der Waals surface area contributed by atoms with Gasteiger partial charge < -0.3 is 24.4 Å². The average molecular weight is 535 g/mol. The maximum Gasteiger partial charge on any atom is 0.410 e. The predicted molar refractivity (Wildman–Crippen MR) is 151 cm³/mol. The quantitative estimate of drug-likeness (QED) is 0.520. The summed E-state index contributed by atoms with van der Waals surface area (Å²) in [5, 5.41) is 3.64. The van der Waals surface area contributed by atoms with Crippen molar-refractivity contribution in [2.24, 2.45) is 0 Å². The van der Waals surface area contributed by atoms with E-state index in [4.69, 9.17) is 19.2 Å². The van der Waals surface area contributed by atoms with Crippen molar-refractivity contribution in [1.82, 2.24) is 14.8 Å². The van der Waals surface area contributed by atoms with Gasteiger partial charge in [-0.3, -0.25) is 4.90 Å². The van der Waals surface area contributed by atoms with Gasteiger partial charge in [0.05, 0.1) is 5.69 Å².